The van der Waals surface area contributed by atoms with Gasteiger partial charge in [-0.25, -0.2) is 14.8 Å². The van der Waals surface area contributed by atoms with Crippen molar-refractivity contribution in [2.24, 2.45) is 5.73 Å². The molecule has 4 rings (SSSR count). The van der Waals surface area contributed by atoms with Gasteiger partial charge in [-0.3, -0.25) is 9.20 Å². The van der Waals surface area contributed by atoms with Crippen LogP contribution in [0.3, 0.4) is 0 Å². The summed E-state index contributed by atoms with van der Waals surface area (Å²) in [5, 5.41) is 4.87. The Balaban J connectivity index is 1.60. The summed E-state index contributed by atoms with van der Waals surface area (Å²) in [4.78, 5) is 31.9. The maximum Gasteiger partial charge on any atom is 0.416 e. The van der Waals surface area contributed by atoms with Crippen LogP contribution in [-0.4, -0.2) is 26.3 Å². The van der Waals surface area contributed by atoms with E-state index in [1.807, 2.05) is 6.92 Å². The van der Waals surface area contributed by atoms with E-state index in [0.29, 0.717) is 22.6 Å². The molecule has 0 unspecified atom stereocenters. The zero-order valence-electron chi connectivity index (χ0n) is 18.1. The zero-order valence-corrected chi connectivity index (χ0v) is 18.1. The molecule has 8 nitrogen and oxygen atoms in total. The Morgan fingerprint density at radius 3 is 2.60 bits per heavy atom. The third-order valence-corrected chi connectivity index (χ3v) is 4.95. The summed E-state index contributed by atoms with van der Waals surface area (Å²) in [6.45, 7) is 1.81. The van der Waals surface area contributed by atoms with Gasteiger partial charge in [0.2, 0.25) is 0 Å². The third kappa shape index (κ3) is 5.22. The predicted octanol–water partition coefficient (Wildman–Crippen LogP) is 4.20. The number of nitrogens with zero attached hydrogens (tertiary/aromatic N) is 3. The topological polar surface area (TPSA) is 114 Å². The minimum absolute atomic E-state index is 0.199. The SMILES string of the molecule is Cc1ccc(C(=O)Nc2cc(C(F)(F)F)ccn2)cc1C#Cc1cnc2c(NC(N)=O)cccn12. The molecule has 176 valence electrons. The summed E-state index contributed by atoms with van der Waals surface area (Å²) in [5.41, 5.74) is 7.19. The van der Waals surface area contributed by atoms with E-state index in [2.05, 4.69) is 32.4 Å². The largest absolute Gasteiger partial charge is 0.416 e. The van der Waals surface area contributed by atoms with Crippen LogP contribution in [0.4, 0.5) is 29.5 Å². The van der Waals surface area contributed by atoms with Crippen molar-refractivity contribution in [1.29, 1.82) is 0 Å². The molecule has 3 heterocycles. The molecule has 11 heteroatoms. The molecule has 35 heavy (non-hydrogen) atoms. The Kier molecular flexibility index (Phi) is 6.12. The lowest BCUT2D eigenvalue weighted by atomic mass is 10.0. The molecule has 0 saturated carbocycles. The number of amides is 3. The van der Waals surface area contributed by atoms with Crippen LogP contribution in [0.15, 0.2) is 61.1 Å². The summed E-state index contributed by atoms with van der Waals surface area (Å²) in [6, 6.07) is 8.97. The quantitative estimate of drug-likeness (QED) is 0.383. The van der Waals surface area contributed by atoms with Crippen molar-refractivity contribution < 1.29 is 22.8 Å². The number of hydrogen-bond acceptors (Lipinski definition) is 4. The molecule has 0 saturated heterocycles. The van der Waals surface area contributed by atoms with E-state index < -0.39 is 23.7 Å². The lowest BCUT2D eigenvalue weighted by Gasteiger charge is -2.09. The molecule has 0 aliphatic heterocycles. The highest BCUT2D eigenvalue weighted by Crippen LogP contribution is 2.30. The van der Waals surface area contributed by atoms with Gasteiger partial charge in [-0.1, -0.05) is 12.0 Å². The van der Waals surface area contributed by atoms with E-state index in [0.717, 1.165) is 23.9 Å². The van der Waals surface area contributed by atoms with Gasteiger partial charge in [0.15, 0.2) is 5.65 Å². The van der Waals surface area contributed by atoms with Crippen LogP contribution in [0.2, 0.25) is 0 Å². The number of pyridine rings is 2. The summed E-state index contributed by atoms with van der Waals surface area (Å²) >= 11 is 0. The number of carbonyl (C=O) groups is 2. The molecule has 1 aromatic carbocycles. The normalized spacial score (nSPS) is 11.0. The van der Waals surface area contributed by atoms with E-state index in [9.17, 15) is 22.8 Å². The number of halogens is 3. The van der Waals surface area contributed by atoms with Crippen molar-refractivity contribution in [1.82, 2.24) is 14.4 Å². The van der Waals surface area contributed by atoms with Gasteiger partial charge in [0.05, 0.1) is 17.4 Å². The van der Waals surface area contributed by atoms with E-state index >= 15 is 0 Å². The second-order valence-corrected chi connectivity index (χ2v) is 7.41. The molecule has 0 fully saturated rings. The fourth-order valence-corrected chi connectivity index (χ4v) is 3.23. The maximum atomic E-state index is 12.9. The molecular formula is C24H17F3N6O2. The molecule has 4 N–H and O–H groups in total. The predicted molar refractivity (Wildman–Crippen MR) is 123 cm³/mol. The van der Waals surface area contributed by atoms with Gasteiger partial charge in [-0.05, 0) is 54.8 Å². The highest BCUT2D eigenvalue weighted by atomic mass is 19.4. The number of nitrogens with two attached hydrogens (primary N) is 1. The number of alkyl halides is 3. The Labute approximate surface area is 197 Å². The van der Waals surface area contributed by atoms with Crippen LogP contribution in [0.25, 0.3) is 5.65 Å². The van der Waals surface area contributed by atoms with Crippen molar-refractivity contribution in [3.63, 3.8) is 0 Å². The molecule has 0 atom stereocenters. The van der Waals surface area contributed by atoms with Gasteiger partial charge < -0.3 is 16.4 Å². The summed E-state index contributed by atoms with van der Waals surface area (Å²) in [5.74, 6) is 5.13. The third-order valence-electron chi connectivity index (χ3n) is 4.95. The zero-order chi connectivity index (χ0) is 25.2. The van der Waals surface area contributed by atoms with Gasteiger partial charge in [0.1, 0.15) is 11.5 Å². The standard InChI is InChI=1S/C24H17F3N6O2/c1-14-4-5-16(22(34)32-20-12-17(8-9-29-20)24(25,26)27)11-15(14)6-7-18-13-30-21-19(31-23(28)35)3-2-10-33(18)21/h2-5,8-13H,1H3,(H3,28,31,35)(H,29,32,34). The number of aryl methyl sites for hydroxylation is 1. The number of hydrogen-bond donors (Lipinski definition) is 3. The summed E-state index contributed by atoms with van der Waals surface area (Å²) in [7, 11) is 0. The monoisotopic (exact) mass is 478 g/mol. The molecule has 3 aromatic heterocycles. The van der Waals surface area contributed by atoms with E-state index in [-0.39, 0.29) is 11.4 Å². The number of carbonyl (C=O) groups excluding carboxylic acids is 2. The van der Waals surface area contributed by atoms with Crippen molar-refractivity contribution in [3.05, 3.63) is 89.0 Å². The van der Waals surface area contributed by atoms with E-state index in [1.165, 1.54) is 12.3 Å². The molecule has 4 aromatic rings. The first kappa shape index (κ1) is 23.3. The number of nitrogens with one attached hydrogen (secondary N) is 2. The number of benzene rings is 1. The van der Waals surface area contributed by atoms with Crippen LogP contribution in [-0.2, 0) is 6.18 Å². The van der Waals surface area contributed by atoms with Crippen LogP contribution >= 0.6 is 0 Å². The Morgan fingerprint density at radius 2 is 1.86 bits per heavy atom. The summed E-state index contributed by atoms with van der Waals surface area (Å²) in [6.07, 6.45) is -0.328. The smallest absolute Gasteiger partial charge is 0.351 e. The van der Waals surface area contributed by atoms with Crippen molar-refractivity contribution in [2.75, 3.05) is 10.6 Å². The molecule has 3 amide bonds. The van der Waals surface area contributed by atoms with Gasteiger partial charge >= 0.3 is 12.2 Å². The van der Waals surface area contributed by atoms with Crippen LogP contribution in [0.1, 0.15) is 32.7 Å². The number of imidazole rings is 1. The van der Waals surface area contributed by atoms with E-state index in [1.54, 1.807) is 34.9 Å². The average molecular weight is 478 g/mol. The van der Waals surface area contributed by atoms with E-state index in [4.69, 9.17) is 5.73 Å². The Morgan fingerprint density at radius 1 is 1.06 bits per heavy atom. The number of rotatable bonds is 3. The Hall–Kier alpha value is -4.85. The van der Waals surface area contributed by atoms with Crippen molar-refractivity contribution in [2.45, 2.75) is 13.1 Å². The molecule has 0 bridgehead atoms. The van der Waals surface area contributed by atoms with Gasteiger partial charge in [-0.15, -0.1) is 0 Å². The highest BCUT2D eigenvalue weighted by Gasteiger charge is 2.30. The lowest BCUT2D eigenvalue weighted by molar-refractivity contribution is -0.137. The fraction of sp³-hybridized carbons (Fsp3) is 0.0833. The second kappa shape index (κ2) is 9.18. The van der Waals surface area contributed by atoms with Gasteiger partial charge in [0, 0.05) is 23.5 Å². The first-order valence-electron chi connectivity index (χ1n) is 10.1. The van der Waals surface area contributed by atoms with Crippen molar-refractivity contribution >= 4 is 29.1 Å². The van der Waals surface area contributed by atoms with Crippen LogP contribution in [0, 0.1) is 18.8 Å². The summed E-state index contributed by atoms with van der Waals surface area (Å²) < 4.78 is 40.4. The number of aromatic nitrogens is 3. The molecule has 0 aliphatic carbocycles. The maximum absolute atomic E-state index is 12.9. The lowest BCUT2D eigenvalue weighted by Crippen LogP contribution is -2.19. The molecule has 0 spiro atoms. The van der Waals surface area contributed by atoms with Crippen molar-refractivity contribution in [3.8, 4) is 11.8 Å². The van der Waals surface area contributed by atoms with Gasteiger partial charge in [-0.2, -0.15) is 13.2 Å². The average Bonchev–Trinajstić information content (AvgIpc) is 3.22. The number of fused-ring (bicyclic) bond motifs is 1. The van der Waals surface area contributed by atoms with Crippen LogP contribution in [0.5, 0.6) is 0 Å². The minimum atomic E-state index is -4.55. The first-order valence-corrected chi connectivity index (χ1v) is 10.1. The molecule has 0 aliphatic rings. The number of urea groups is 1. The highest BCUT2D eigenvalue weighted by molar-refractivity contribution is 6.04. The number of anilines is 2. The first-order chi connectivity index (χ1) is 16.6. The fourth-order valence-electron chi connectivity index (χ4n) is 3.23. The van der Waals surface area contributed by atoms with Gasteiger partial charge in [0.25, 0.3) is 5.91 Å². The molecular weight excluding hydrogens is 461 g/mol. The molecule has 0 radical (unpaired) electrons. The number of primary amides is 1. The Bertz CT molecular complexity index is 1520. The minimum Gasteiger partial charge on any atom is -0.351 e. The van der Waals surface area contributed by atoms with Crippen LogP contribution < -0.4 is 16.4 Å². The second-order valence-electron chi connectivity index (χ2n) is 7.41.